The van der Waals surface area contributed by atoms with Crippen molar-refractivity contribution in [3.05, 3.63) is 11.1 Å². The van der Waals surface area contributed by atoms with Gasteiger partial charge in [-0.2, -0.15) is 0 Å². The molecule has 0 heterocycles. The highest BCUT2D eigenvalue weighted by Gasteiger charge is 2.73. The Kier molecular flexibility index (Phi) is 2.02. The van der Waals surface area contributed by atoms with Crippen LogP contribution in [0.5, 0.6) is 0 Å². The first-order chi connectivity index (χ1) is 10.7. The van der Waals surface area contributed by atoms with E-state index in [4.69, 9.17) is 4.11 Å². The quantitative estimate of drug-likeness (QED) is 0.644. The third-order valence-electron chi connectivity index (χ3n) is 6.90. The van der Waals surface area contributed by atoms with Crippen LogP contribution in [-0.2, 0) is 14.4 Å². The molecule has 4 aliphatic carbocycles. The smallest absolute Gasteiger partial charge is 0.149 e. The Morgan fingerprint density at radius 1 is 0.952 bits per heavy atom. The van der Waals surface area contributed by atoms with Crippen LogP contribution in [0.1, 0.15) is 58.4 Å². The van der Waals surface area contributed by atoms with Gasteiger partial charge in [0, 0.05) is 39.6 Å². The summed E-state index contributed by atoms with van der Waals surface area (Å²) in [5.74, 6) is -1.84. The largest absolute Gasteiger partial charge is 0.299 e. The molecule has 4 unspecified atom stereocenters. The van der Waals surface area contributed by atoms with Crippen molar-refractivity contribution >= 4 is 17.3 Å². The van der Waals surface area contributed by atoms with E-state index in [2.05, 4.69) is 0 Å². The van der Waals surface area contributed by atoms with Gasteiger partial charge < -0.3 is 0 Å². The molecular weight excluding hydrogens is 264 g/mol. The summed E-state index contributed by atoms with van der Waals surface area (Å²) in [6, 6.07) is 0. The third-order valence-corrected chi connectivity index (χ3v) is 6.90. The van der Waals surface area contributed by atoms with E-state index in [-0.39, 0.29) is 35.8 Å². The summed E-state index contributed by atoms with van der Waals surface area (Å²) in [5.41, 5.74) is -2.57. The zero-order valence-corrected chi connectivity index (χ0v) is 13.3. The number of Topliss-reactive ketones (excluding diaryl/α,β-unsaturated/α-hetero) is 3. The summed E-state index contributed by atoms with van der Waals surface area (Å²) in [6.45, 7) is 6.23. The first kappa shape index (κ1) is 11.3. The Morgan fingerprint density at radius 3 is 2.00 bits per heavy atom. The van der Waals surface area contributed by atoms with E-state index in [1.54, 1.807) is 34.6 Å². The van der Waals surface area contributed by atoms with E-state index in [1.165, 1.54) is 0 Å². The molecule has 0 aromatic heterocycles. The van der Waals surface area contributed by atoms with Gasteiger partial charge in [-0.3, -0.25) is 14.4 Å². The van der Waals surface area contributed by atoms with Crippen LogP contribution in [0, 0.1) is 28.1 Å². The van der Waals surface area contributed by atoms with Crippen molar-refractivity contribution in [3.8, 4) is 0 Å². The summed E-state index contributed by atoms with van der Waals surface area (Å²) in [7, 11) is 0. The number of carbonyl (C=O) groups excluding carboxylic acids is 3. The highest BCUT2D eigenvalue weighted by Crippen LogP contribution is 2.70. The average molecular weight is 291 g/mol. The molecular formula is C18H24O3. The lowest BCUT2D eigenvalue weighted by Crippen LogP contribution is -2.70. The number of fused-ring (bicyclic) bond motifs is 1. The summed E-state index contributed by atoms with van der Waals surface area (Å²) >= 11 is 0. The molecule has 0 aliphatic heterocycles. The molecule has 4 aliphatic rings. The monoisotopic (exact) mass is 291 g/mol. The van der Waals surface area contributed by atoms with Crippen LogP contribution in [0.15, 0.2) is 11.1 Å². The molecule has 3 nitrogen and oxygen atoms in total. The van der Waals surface area contributed by atoms with Crippen LogP contribution in [0.4, 0.5) is 0 Å². The molecule has 2 bridgehead atoms. The van der Waals surface area contributed by atoms with Crippen LogP contribution in [-0.4, -0.2) is 17.3 Å². The van der Waals surface area contributed by atoms with Crippen LogP contribution in [0.25, 0.3) is 0 Å². The average Bonchev–Trinajstić information content (AvgIpc) is 2.43. The molecule has 0 spiro atoms. The van der Waals surface area contributed by atoms with Gasteiger partial charge in [-0.15, -0.1) is 0 Å². The second-order valence-corrected chi connectivity index (χ2v) is 7.75. The number of ketones is 3. The molecule has 2 fully saturated rings. The van der Waals surface area contributed by atoms with E-state index in [0.29, 0.717) is 5.57 Å². The molecule has 2 saturated carbocycles. The zero-order valence-electron chi connectivity index (χ0n) is 16.3. The molecule has 4 atom stereocenters. The van der Waals surface area contributed by atoms with Crippen LogP contribution in [0.3, 0.4) is 0 Å². The normalized spacial score (nSPS) is 47.9. The first-order valence-electron chi connectivity index (χ1n) is 9.06. The molecule has 0 radical (unpaired) electrons. The molecule has 4 rings (SSSR count). The Balaban J connectivity index is 2.47. The van der Waals surface area contributed by atoms with Gasteiger partial charge in [-0.1, -0.05) is 31.9 Å². The fourth-order valence-electron chi connectivity index (χ4n) is 5.28. The third kappa shape index (κ3) is 1.25. The zero-order chi connectivity index (χ0) is 18.5. The Bertz CT molecular complexity index is 716. The highest BCUT2D eigenvalue weighted by molar-refractivity contribution is 6.08. The maximum atomic E-state index is 13.4. The lowest BCUT2D eigenvalue weighted by atomic mass is 9.34. The van der Waals surface area contributed by atoms with E-state index in [9.17, 15) is 14.4 Å². The predicted molar refractivity (Wildman–Crippen MR) is 79.6 cm³/mol. The fraction of sp³-hybridized carbons (Fsp3) is 0.722. The molecule has 0 amide bonds. The molecule has 0 aromatic carbocycles. The second kappa shape index (κ2) is 3.74. The van der Waals surface area contributed by atoms with Crippen molar-refractivity contribution in [2.75, 3.05) is 0 Å². The topological polar surface area (TPSA) is 51.2 Å². The predicted octanol–water partition coefficient (Wildman–Crippen LogP) is 3.12. The number of rotatable bonds is 0. The number of hydrogen-bond acceptors (Lipinski definition) is 3. The summed E-state index contributed by atoms with van der Waals surface area (Å²) in [4.78, 5) is 38.9. The molecule has 21 heavy (non-hydrogen) atoms. The summed E-state index contributed by atoms with van der Waals surface area (Å²) in [5, 5.41) is 0. The maximum absolute atomic E-state index is 13.4. The molecule has 0 saturated heterocycles. The minimum atomic E-state index is -2.46. The van der Waals surface area contributed by atoms with Crippen LogP contribution in [0.2, 0.25) is 0 Å². The Labute approximate surface area is 130 Å². The van der Waals surface area contributed by atoms with Crippen LogP contribution >= 0.6 is 0 Å². The van der Waals surface area contributed by atoms with Gasteiger partial charge >= 0.3 is 0 Å². The fourth-order valence-corrected chi connectivity index (χ4v) is 5.28. The van der Waals surface area contributed by atoms with Crippen molar-refractivity contribution in [1.82, 2.24) is 0 Å². The summed E-state index contributed by atoms with van der Waals surface area (Å²) < 4.78 is 24.0. The lowest BCUT2D eigenvalue weighted by Gasteiger charge is -2.66. The van der Waals surface area contributed by atoms with Gasteiger partial charge in [0.2, 0.25) is 0 Å². The van der Waals surface area contributed by atoms with Gasteiger partial charge in [-0.05, 0) is 20.7 Å². The van der Waals surface area contributed by atoms with E-state index >= 15 is 0 Å². The van der Waals surface area contributed by atoms with Gasteiger partial charge in [0.05, 0.1) is 5.41 Å². The van der Waals surface area contributed by atoms with Crippen molar-refractivity contribution < 1.29 is 18.5 Å². The van der Waals surface area contributed by atoms with Gasteiger partial charge in [0.25, 0.3) is 0 Å². The lowest BCUT2D eigenvalue weighted by molar-refractivity contribution is -0.179. The van der Waals surface area contributed by atoms with Gasteiger partial charge in [0.15, 0.2) is 0 Å². The standard InChI is InChI=1S/C18H24O3/c1-9-10(2)18(6)14-12(20)8-7-11(19)13(14)17(9,5)15(21)16(18,3)4/h13-14H,7-8H2,1-6H3/i1D3. The first-order valence-corrected chi connectivity index (χ1v) is 7.56. The van der Waals surface area contributed by atoms with E-state index in [0.717, 1.165) is 0 Å². The highest BCUT2D eigenvalue weighted by atomic mass is 16.2. The van der Waals surface area contributed by atoms with Crippen molar-refractivity contribution in [1.29, 1.82) is 0 Å². The Hall–Kier alpha value is -1.25. The number of carbonyl (C=O) groups is 3. The minimum Gasteiger partial charge on any atom is -0.299 e. The van der Waals surface area contributed by atoms with Gasteiger partial charge in [0.1, 0.15) is 17.3 Å². The van der Waals surface area contributed by atoms with Crippen molar-refractivity contribution in [2.24, 2.45) is 28.1 Å². The van der Waals surface area contributed by atoms with Crippen LogP contribution < -0.4 is 0 Å². The number of hydrogen-bond donors (Lipinski definition) is 0. The number of allylic oxidation sites excluding steroid dienone is 2. The van der Waals surface area contributed by atoms with Crippen molar-refractivity contribution in [2.45, 2.75) is 54.3 Å². The van der Waals surface area contributed by atoms with E-state index < -0.39 is 34.9 Å². The van der Waals surface area contributed by atoms with Gasteiger partial charge in [-0.25, -0.2) is 0 Å². The maximum Gasteiger partial charge on any atom is 0.149 e. The molecule has 114 valence electrons. The summed E-state index contributed by atoms with van der Waals surface area (Å²) in [6.07, 6.45) is 0.291. The molecule has 0 aromatic rings. The molecule has 3 heteroatoms. The SMILES string of the molecule is [2H]C([2H])([2H])C1=C(C)C2(C)C3C(=O)CCC(=O)C3C1(C)C(=O)C2(C)C. The Morgan fingerprint density at radius 2 is 1.48 bits per heavy atom. The van der Waals surface area contributed by atoms with Crippen molar-refractivity contribution in [3.63, 3.8) is 0 Å². The van der Waals surface area contributed by atoms with E-state index in [1.807, 2.05) is 0 Å². The minimum absolute atomic E-state index is 0.0159. The second-order valence-electron chi connectivity index (χ2n) is 7.75. The molecule has 0 N–H and O–H groups in total.